The fraction of sp³-hybridized carbons (Fsp3) is 0.357. The molecule has 1 saturated carbocycles. The standard InChI is InChI=1S/C14H16N6S/c1-2-4-9(3-1)17-13-11-12(16-8-15-11)19-14(20-13)18-10-5-6-21-7-10/h5-9H,1-4H2,(H3,15,16,17,18,19,20). The zero-order chi connectivity index (χ0) is 14.1. The second-order valence-corrected chi connectivity index (χ2v) is 6.04. The molecule has 1 fully saturated rings. The minimum atomic E-state index is 0.500. The van der Waals surface area contributed by atoms with Crippen LogP contribution >= 0.6 is 11.3 Å². The highest BCUT2D eigenvalue weighted by Gasteiger charge is 2.18. The normalized spacial score (nSPS) is 15.6. The third-order valence-electron chi connectivity index (χ3n) is 3.76. The Kier molecular flexibility index (Phi) is 3.19. The monoisotopic (exact) mass is 300 g/mol. The number of nitrogens with one attached hydrogen (secondary N) is 3. The van der Waals surface area contributed by atoms with Crippen molar-refractivity contribution in [2.24, 2.45) is 0 Å². The van der Waals surface area contributed by atoms with Gasteiger partial charge in [-0.3, -0.25) is 0 Å². The highest BCUT2D eigenvalue weighted by Crippen LogP contribution is 2.26. The maximum Gasteiger partial charge on any atom is 0.231 e. The third-order valence-corrected chi connectivity index (χ3v) is 4.44. The number of aromatic amines is 1. The topological polar surface area (TPSA) is 78.5 Å². The molecule has 1 aliphatic carbocycles. The lowest BCUT2D eigenvalue weighted by molar-refractivity contribution is 0.751. The van der Waals surface area contributed by atoms with Crippen molar-refractivity contribution in [2.45, 2.75) is 31.7 Å². The van der Waals surface area contributed by atoms with E-state index < -0.39 is 0 Å². The molecule has 0 aliphatic heterocycles. The Labute approximate surface area is 126 Å². The summed E-state index contributed by atoms with van der Waals surface area (Å²) >= 11 is 1.64. The molecule has 21 heavy (non-hydrogen) atoms. The van der Waals surface area contributed by atoms with Gasteiger partial charge in [0.1, 0.15) is 5.52 Å². The minimum absolute atomic E-state index is 0.500. The van der Waals surface area contributed by atoms with Gasteiger partial charge in [0.05, 0.1) is 12.0 Å². The van der Waals surface area contributed by atoms with Gasteiger partial charge in [-0.25, -0.2) is 4.98 Å². The largest absolute Gasteiger partial charge is 0.365 e. The zero-order valence-electron chi connectivity index (χ0n) is 11.5. The van der Waals surface area contributed by atoms with Crippen LogP contribution in [0.4, 0.5) is 17.5 Å². The number of nitrogens with zero attached hydrogens (tertiary/aromatic N) is 3. The smallest absolute Gasteiger partial charge is 0.231 e. The van der Waals surface area contributed by atoms with Gasteiger partial charge in [-0.1, -0.05) is 12.8 Å². The second-order valence-electron chi connectivity index (χ2n) is 5.26. The first kappa shape index (κ1) is 12.6. The Morgan fingerprint density at radius 1 is 1.24 bits per heavy atom. The summed E-state index contributed by atoms with van der Waals surface area (Å²) in [6, 6.07) is 2.51. The molecular weight excluding hydrogens is 284 g/mol. The van der Waals surface area contributed by atoms with Crippen LogP contribution in [0.5, 0.6) is 0 Å². The number of fused-ring (bicyclic) bond motifs is 1. The Balaban J connectivity index is 1.67. The van der Waals surface area contributed by atoms with Crippen molar-refractivity contribution in [1.29, 1.82) is 0 Å². The molecule has 3 aromatic heterocycles. The molecule has 3 N–H and O–H groups in total. The SMILES string of the molecule is c1nc2nc(Nc3ccsc3)nc(NC3CCCC3)c2[nH]1. The van der Waals surface area contributed by atoms with Crippen molar-refractivity contribution in [2.75, 3.05) is 10.6 Å². The van der Waals surface area contributed by atoms with E-state index in [0.29, 0.717) is 17.6 Å². The lowest BCUT2D eigenvalue weighted by atomic mass is 10.2. The molecule has 6 nitrogen and oxygen atoms in total. The summed E-state index contributed by atoms with van der Waals surface area (Å²) in [6.45, 7) is 0. The molecule has 0 bridgehead atoms. The van der Waals surface area contributed by atoms with Gasteiger partial charge in [-0.15, -0.1) is 0 Å². The number of thiophene rings is 1. The Bertz CT molecular complexity index is 729. The molecule has 4 rings (SSSR count). The Morgan fingerprint density at radius 3 is 2.95 bits per heavy atom. The first-order valence-corrected chi connectivity index (χ1v) is 8.09. The van der Waals surface area contributed by atoms with E-state index in [1.807, 2.05) is 16.8 Å². The first-order valence-electron chi connectivity index (χ1n) is 7.15. The highest BCUT2D eigenvalue weighted by molar-refractivity contribution is 7.08. The van der Waals surface area contributed by atoms with Crippen LogP contribution in [0.3, 0.4) is 0 Å². The van der Waals surface area contributed by atoms with Crippen molar-refractivity contribution in [3.05, 3.63) is 23.2 Å². The van der Waals surface area contributed by atoms with E-state index in [9.17, 15) is 0 Å². The quantitative estimate of drug-likeness (QED) is 0.687. The second kappa shape index (κ2) is 5.33. The van der Waals surface area contributed by atoms with E-state index in [1.54, 1.807) is 17.7 Å². The van der Waals surface area contributed by atoms with E-state index in [0.717, 1.165) is 17.0 Å². The highest BCUT2D eigenvalue weighted by atomic mass is 32.1. The molecule has 0 saturated heterocycles. The Hall–Kier alpha value is -2.15. The van der Waals surface area contributed by atoms with Gasteiger partial charge in [0.25, 0.3) is 0 Å². The molecule has 0 spiro atoms. The number of hydrogen-bond acceptors (Lipinski definition) is 6. The van der Waals surface area contributed by atoms with E-state index in [4.69, 9.17) is 0 Å². The van der Waals surface area contributed by atoms with Crippen molar-refractivity contribution >= 4 is 40.0 Å². The van der Waals surface area contributed by atoms with Crippen LogP contribution < -0.4 is 10.6 Å². The number of H-pyrrole nitrogens is 1. The summed E-state index contributed by atoms with van der Waals surface area (Å²) < 4.78 is 0. The summed E-state index contributed by atoms with van der Waals surface area (Å²) in [7, 11) is 0. The van der Waals surface area contributed by atoms with E-state index >= 15 is 0 Å². The zero-order valence-corrected chi connectivity index (χ0v) is 12.3. The molecular formula is C14H16N6S. The molecule has 0 aromatic carbocycles. The number of imidazole rings is 1. The van der Waals surface area contributed by atoms with Gasteiger partial charge in [0.15, 0.2) is 11.5 Å². The molecule has 7 heteroatoms. The van der Waals surface area contributed by atoms with Crippen molar-refractivity contribution < 1.29 is 0 Å². The molecule has 3 aromatic rings. The van der Waals surface area contributed by atoms with Crippen LogP contribution in [0.2, 0.25) is 0 Å². The summed E-state index contributed by atoms with van der Waals surface area (Å²) in [4.78, 5) is 16.4. The predicted octanol–water partition coefficient (Wildman–Crippen LogP) is 3.51. The summed E-state index contributed by atoms with van der Waals surface area (Å²) in [5.41, 5.74) is 2.56. The molecule has 0 amide bonds. The summed E-state index contributed by atoms with van der Waals surface area (Å²) in [6.07, 6.45) is 6.64. The van der Waals surface area contributed by atoms with E-state index in [-0.39, 0.29) is 0 Å². The number of hydrogen-bond donors (Lipinski definition) is 3. The first-order chi connectivity index (χ1) is 10.4. The van der Waals surface area contributed by atoms with Crippen LogP contribution in [0.15, 0.2) is 23.2 Å². The average molecular weight is 300 g/mol. The minimum Gasteiger partial charge on any atom is -0.365 e. The number of aromatic nitrogens is 4. The molecule has 0 radical (unpaired) electrons. The Morgan fingerprint density at radius 2 is 2.14 bits per heavy atom. The number of rotatable bonds is 4. The van der Waals surface area contributed by atoms with Gasteiger partial charge in [-0.05, 0) is 24.3 Å². The lowest BCUT2D eigenvalue weighted by Gasteiger charge is -2.14. The lowest BCUT2D eigenvalue weighted by Crippen LogP contribution is -2.16. The van der Waals surface area contributed by atoms with Crippen LogP contribution in [0.25, 0.3) is 11.2 Å². The molecule has 0 unspecified atom stereocenters. The molecule has 1 aliphatic rings. The van der Waals surface area contributed by atoms with E-state index in [2.05, 4.69) is 30.6 Å². The van der Waals surface area contributed by atoms with Gasteiger partial charge in [0.2, 0.25) is 5.95 Å². The maximum absolute atomic E-state index is 4.61. The van der Waals surface area contributed by atoms with Gasteiger partial charge < -0.3 is 15.6 Å². The molecule has 108 valence electrons. The van der Waals surface area contributed by atoms with Gasteiger partial charge >= 0.3 is 0 Å². The fourth-order valence-electron chi connectivity index (χ4n) is 2.72. The summed E-state index contributed by atoms with van der Waals surface area (Å²) in [5.74, 6) is 1.41. The van der Waals surface area contributed by atoms with Crippen LogP contribution in [0, 0.1) is 0 Å². The predicted molar refractivity (Wildman–Crippen MR) is 85.2 cm³/mol. The summed E-state index contributed by atoms with van der Waals surface area (Å²) in [5, 5.41) is 10.8. The van der Waals surface area contributed by atoms with Crippen LogP contribution in [-0.2, 0) is 0 Å². The average Bonchev–Trinajstić information content (AvgIpc) is 3.19. The van der Waals surface area contributed by atoms with Gasteiger partial charge in [0, 0.05) is 11.4 Å². The maximum atomic E-state index is 4.61. The van der Waals surface area contributed by atoms with Crippen molar-refractivity contribution in [3.8, 4) is 0 Å². The van der Waals surface area contributed by atoms with Crippen molar-refractivity contribution in [3.63, 3.8) is 0 Å². The fourth-order valence-corrected chi connectivity index (χ4v) is 3.31. The number of anilines is 3. The van der Waals surface area contributed by atoms with Gasteiger partial charge in [-0.2, -0.15) is 21.3 Å². The molecule has 0 atom stereocenters. The van der Waals surface area contributed by atoms with Crippen LogP contribution in [0.1, 0.15) is 25.7 Å². The van der Waals surface area contributed by atoms with Crippen LogP contribution in [-0.4, -0.2) is 26.0 Å². The van der Waals surface area contributed by atoms with E-state index in [1.165, 1.54) is 25.7 Å². The third kappa shape index (κ3) is 2.56. The molecule has 3 heterocycles. The van der Waals surface area contributed by atoms with Crippen molar-refractivity contribution in [1.82, 2.24) is 19.9 Å².